The summed E-state index contributed by atoms with van der Waals surface area (Å²) in [5.41, 5.74) is 2.87. The first-order valence-electron chi connectivity index (χ1n) is 8.93. The van der Waals surface area contributed by atoms with Gasteiger partial charge in [-0.05, 0) is 49.2 Å². The third kappa shape index (κ3) is 3.86. The van der Waals surface area contributed by atoms with Crippen LogP contribution in [0.5, 0.6) is 5.75 Å². The van der Waals surface area contributed by atoms with Crippen molar-refractivity contribution in [2.45, 2.75) is 26.3 Å². The number of halogens is 1. The van der Waals surface area contributed by atoms with Gasteiger partial charge in [0.15, 0.2) is 0 Å². The lowest BCUT2D eigenvalue weighted by Gasteiger charge is -2.15. The van der Waals surface area contributed by atoms with Crippen molar-refractivity contribution >= 4 is 32.8 Å². The summed E-state index contributed by atoms with van der Waals surface area (Å²) >= 11 is 3.55. The Morgan fingerprint density at radius 2 is 2.07 bits per heavy atom. The normalized spacial score (nSPS) is 14.9. The van der Waals surface area contributed by atoms with Gasteiger partial charge in [-0.2, -0.15) is 5.10 Å². The second kappa shape index (κ2) is 7.00. The van der Waals surface area contributed by atoms with Gasteiger partial charge in [-0.15, -0.1) is 0 Å². The van der Waals surface area contributed by atoms with Crippen LogP contribution < -0.4 is 4.74 Å². The molecule has 0 aliphatic heterocycles. The molecule has 0 amide bonds. The topological polar surface area (TPSA) is 53.3 Å². The minimum atomic E-state index is -0.346. The zero-order valence-corrected chi connectivity index (χ0v) is 17.0. The Labute approximate surface area is 166 Å². The number of ether oxygens (including phenoxy) is 2. The van der Waals surface area contributed by atoms with Crippen LogP contribution in [0.2, 0.25) is 0 Å². The van der Waals surface area contributed by atoms with Gasteiger partial charge in [0.1, 0.15) is 5.75 Å². The molecular formula is C21H21BrN2O3. The molecule has 0 bridgehead atoms. The van der Waals surface area contributed by atoms with Crippen LogP contribution in [0.15, 0.2) is 47.1 Å². The molecule has 140 valence electrons. The number of aromatic nitrogens is 2. The van der Waals surface area contributed by atoms with Gasteiger partial charge in [0.2, 0.25) is 0 Å². The van der Waals surface area contributed by atoms with Crippen molar-refractivity contribution < 1.29 is 14.3 Å². The van der Waals surface area contributed by atoms with E-state index >= 15 is 0 Å². The van der Waals surface area contributed by atoms with Gasteiger partial charge >= 0.3 is 5.97 Å². The van der Waals surface area contributed by atoms with E-state index in [0.717, 1.165) is 33.3 Å². The number of methoxy groups -OCH3 is 1. The number of benzene rings is 2. The van der Waals surface area contributed by atoms with Crippen molar-refractivity contribution in [1.82, 2.24) is 9.78 Å². The predicted octanol–water partition coefficient (Wildman–Crippen LogP) is 4.81. The van der Waals surface area contributed by atoms with Crippen LogP contribution in [-0.4, -0.2) is 29.5 Å². The van der Waals surface area contributed by atoms with Crippen LogP contribution in [0.1, 0.15) is 35.7 Å². The van der Waals surface area contributed by atoms with Crippen LogP contribution >= 0.6 is 15.9 Å². The number of rotatable bonds is 6. The lowest BCUT2D eigenvalue weighted by molar-refractivity contribution is 0.0601. The van der Waals surface area contributed by atoms with Gasteiger partial charge in [0.25, 0.3) is 0 Å². The lowest BCUT2D eigenvalue weighted by Crippen LogP contribution is -2.11. The van der Waals surface area contributed by atoms with Crippen molar-refractivity contribution in [3.05, 3.63) is 58.2 Å². The van der Waals surface area contributed by atoms with Gasteiger partial charge in [0, 0.05) is 20.8 Å². The first-order chi connectivity index (χ1) is 13.0. The zero-order chi connectivity index (χ0) is 19.0. The molecular weight excluding hydrogens is 408 g/mol. The summed E-state index contributed by atoms with van der Waals surface area (Å²) in [6.45, 7) is 3.59. The van der Waals surface area contributed by atoms with Gasteiger partial charge in [-0.1, -0.05) is 22.9 Å². The third-order valence-corrected chi connectivity index (χ3v) is 5.58. The largest absolute Gasteiger partial charge is 0.493 e. The maximum atomic E-state index is 11.7. The molecule has 1 aliphatic rings. The highest BCUT2D eigenvalue weighted by Gasteiger charge is 2.38. The molecule has 1 saturated carbocycles. The second-order valence-electron chi connectivity index (χ2n) is 7.42. The standard InChI is InChI=1S/C21H21BrN2O3/c1-21(7-8-21)13-27-19-6-4-17(22)10-16(19)12-24-18-5-3-14(20(25)26-2)9-15(18)11-23-24/h3-6,9-11H,7-8,12-13H2,1-2H3. The lowest BCUT2D eigenvalue weighted by atomic mass is 10.1. The van der Waals surface area contributed by atoms with E-state index in [4.69, 9.17) is 9.47 Å². The molecule has 6 heteroatoms. The number of carbonyl (C=O) groups is 1. The number of fused-ring (bicyclic) bond motifs is 1. The van der Waals surface area contributed by atoms with Crippen molar-refractivity contribution in [3.63, 3.8) is 0 Å². The van der Waals surface area contributed by atoms with Gasteiger partial charge in [0.05, 0.1) is 37.5 Å². The van der Waals surface area contributed by atoms with Gasteiger partial charge < -0.3 is 9.47 Å². The van der Waals surface area contributed by atoms with Crippen LogP contribution in [-0.2, 0) is 11.3 Å². The number of esters is 1. The summed E-state index contributed by atoms with van der Waals surface area (Å²) in [5, 5.41) is 5.41. The Bertz CT molecular complexity index is 1010. The summed E-state index contributed by atoms with van der Waals surface area (Å²) in [6.07, 6.45) is 4.22. The van der Waals surface area contributed by atoms with E-state index in [1.54, 1.807) is 18.3 Å². The Hall–Kier alpha value is -2.34. The fourth-order valence-corrected chi connectivity index (χ4v) is 3.45. The minimum absolute atomic E-state index is 0.326. The van der Waals surface area contributed by atoms with E-state index in [1.165, 1.54) is 20.0 Å². The molecule has 2 aromatic carbocycles. The van der Waals surface area contributed by atoms with Crippen molar-refractivity contribution in [2.75, 3.05) is 13.7 Å². The summed E-state index contributed by atoms with van der Waals surface area (Å²) < 4.78 is 13.8. The SMILES string of the molecule is COC(=O)c1ccc2c(cnn2Cc2cc(Br)ccc2OCC2(C)CC2)c1. The van der Waals surface area contributed by atoms with Crippen molar-refractivity contribution in [1.29, 1.82) is 0 Å². The molecule has 0 atom stereocenters. The van der Waals surface area contributed by atoms with E-state index in [2.05, 4.69) is 34.0 Å². The van der Waals surface area contributed by atoms with Crippen molar-refractivity contribution in [2.24, 2.45) is 5.41 Å². The van der Waals surface area contributed by atoms with Crippen LogP contribution in [0.4, 0.5) is 0 Å². The molecule has 0 spiro atoms. The predicted molar refractivity (Wildman–Crippen MR) is 107 cm³/mol. The van der Waals surface area contributed by atoms with E-state index in [0.29, 0.717) is 17.5 Å². The number of nitrogens with zero attached hydrogens (tertiary/aromatic N) is 2. The quantitative estimate of drug-likeness (QED) is 0.528. The summed E-state index contributed by atoms with van der Waals surface area (Å²) in [7, 11) is 1.38. The molecule has 0 unspecified atom stereocenters. The van der Waals surface area contributed by atoms with Gasteiger partial charge in [-0.3, -0.25) is 4.68 Å². The molecule has 1 heterocycles. The van der Waals surface area contributed by atoms with Crippen molar-refractivity contribution in [3.8, 4) is 5.75 Å². The Kier molecular flexibility index (Phi) is 4.68. The Morgan fingerprint density at radius 1 is 1.26 bits per heavy atom. The average molecular weight is 429 g/mol. The van der Waals surface area contributed by atoms with Gasteiger partial charge in [-0.25, -0.2) is 4.79 Å². The molecule has 0 N–H and O–H groups in total. The van der Waals surface area contributed by atoms with E-state index in [-0.39, 0.29) is 5.97 Å². The molecule has 5 nitrogen and oxygen atoms in total. The first kappa shape index (κ1) is 18.0. The van der Waals surface area contributed by atoms with Crippen LogP contribution in [0, 0.1) is 5.41 Å². The smallest absolute Gasteiger partial charge is 0.337 e. The van der Waals surface area contributed by atoms with E-state index in [9.17, 15) is 4.79 Å². The average Bonchev–Trinajstić information content (AvgIpc) is 3.28. The molecule has 1 aromatic heterocycles. The fourth-order valence-electron chi connectivity index (χ4n) is 3.04. The second-order valence-corrected chi connectivity index (χ2v) is 8.33. The van der Waals surface area contributed by atoms with Crippen LogP contribution in [0.25, 0.3) is 10.9 Å². The molecule has 27 heavy (non-hydrogen) atoms. The highest BCUT2D eigenvalue weighted by Crippen LogP contribution is 2.45. The molecule has 1 fully saturated rings. The van der Waals surface area contributed by atoms with Crippen LogP contribution in [0.3, 0.4) is 0 Å². The molecule has 0 saturated heterocycles. The Balaban J connectivity index is 1.61. The number of hydrogen-bond donors (Lipinski definition) is 0. The zero-order valence-electron chi connectivity index (χ0n) is 15.4. The van der Waals surface area contributed by atoms with E-state index in [1.807, 2.05) is 22.9 Å². The third-order valence-electron chi connectivity index (χ3n) is 5.09. The summed E-state index contributed by atoms with van der Waals surface area (Å²) in [5.74, 6) is 0.544. The summed E-state index contributed by atoms with van der Waals surface area (Å²) in [6, 6.07) is 11.5. The monoisotopic (exact) mass is 428 g/mol. The fraction of sp³-hybridized carbons (Fsp3) is 0.333. The maximum absolute atomic E-state index is 11.7. The first-order valence-corrected chi connectivity index (χ1v) is 9.72. The van der Waals surface area contributed by atoms with E-state index < -0.39 is 0 Å². The Morgan fingerprint density at radius 3 is 2.81 bits per heavy atom. The number of carbonyl (C=O) groups excluding carboxylic acids is 1. The highest BCUT2D eigenvalue weighted by molar-refractivity contribution is 9.10. The molecule has 3 aromatic rings. The maximum Gasteiger partial charge on any atom is 0.337 e. The molecule has 4 rings (SSSR count). The minimum Gasteiger partial charge on any atom is -0.493 e. The number of hydrogen-bond acceptors (Lipinski definition) is 4. The highest BCUT2D eigenvalue weighted by atomic mass is 79.9. The summed E-state index contributed by atoms with van der Waals surface area (Å²) in [4.78, 5) is 11.7. The molecule has 0 radical (unpaired) electrons. The molecule has 1 aliphatic carbocycles.